The largest absolute Gasteiger partial charge is 0.234 e. The first kappa shape index (κ1) is 9.26. The molecule has 0 aliphatic carbocycles. The third-order valence-electron chi connectivity index (χ3n) is 1.88. The fourth-order valence-electron chi connectivity index (χ4n) is 1.27. The molecule has 1 aromatic carbocycles. The lowest BCUT2D eigenvalue weighted by molar-refractivity contribution is 1.39. The Kier molecular flexibility index (Phi) is 2.28. The SMILES string of the molecule is N#Cc1cc(Cl)nc2c(Cl)cccc12. The average Bonchev–Trinajstić information content (AvgIpc) is 2.18. The van der Waals surface area contributed by atoms with E-state index < -0.39 is 0 Å². The number of aromatic nitrogens is 1. The lowest BCUT2D eigenvalue weighted by Gasteiger charge is -2.01. The second-order valence-corrected chi connectivity index (χ2v) is 3.53. The second-order valence-electron chi connectivity index (χ2n) is 2.74. The summed E-state index contributed by atoms with van der Waals surface area (Å²) in [6.45, 7) is 0. The molecular weight excluding hydrogens is 219 g/mol. The number of hydrogen-bond acceptors (Lipinski definition) is 2. The van der Waals surface area contributed by atoms with Gasteiger partial charge >= 0.3 is 0 Å². The van der Waals surface area contributed by atoms with E-state index in [0.717, 1.165) is 5.39 Å². The number of halogens is 2. The van der Waals surface area contributed by atoms with Crippen LogP contribution in [0, 0.1) is 11.3 Å². The van der Waals surface area contributed by atoms with E-state index in [1.165, 1.54) is 6.07 Å². The summed E-state index contributed by atoms with van der Waals surface area (Å²) in [6, 6.07) is 8.87. The number of nitriles is 1. The monoisotopic (exact) mass is 222 g/mol. The Morgan fingerprint density at radius 3 is 2.79 bits per heavy atom. The van der Waals surface area contributed by atoms with Gasteiger partial charge in [-0.2, -0.15) is 5.26 Å². The molecule has 1 aromatic heterocycles. The molecule has 0 radical (unpaired) electrons. The number of benzene rings is 1. The molecule has 0 saturated carbocycles. The van der Waals surface area contributed by atoms with E-state index in [0.29, 0.717) is 16.1 Å². The number of para-hydroxylation sites is 1. The molecule has 0 spiro atoms. The van der Waals surface area contributed by atoms with Crippen molar-refractivity contribution in [1.29, 1.82) is 5.26 Å². The van der Waals surface area contributed by atoms with Crippen molar-refractivity contribution in [3.05, 3.63) is 40.0 Å². The van der Waals surface area contributed by atoms with Crippen molar-refractivity contribution in [3.8, 4) is 6.07 Å². The van der Waals surface area contributed by atoms with Gasteiger partial charge < -0.3 is 0 Å². The number of fused-ring (bicyclic) bond motifs is 1. The molecule has 2 nitrogen and oxygen atoms in total. The van der Waals surface area contributed by atoms with Gasteiger partial charge in [-0.25, -0.2) is 4.98 Å². The smallest absolute Gasteiger partial charge is 0.131 e. The maximum absolute atomic E-state index is 8.87. The highest BCUT2D eigenvalue weighted by Gasteiger charge is 2.06. The predicted octanol–water partition coefficient (Wildman–Crippen LogP) is 3.41. The number of pyridine rings is 1. The van der Waals surface area contributed by atoms with Crippen LogP contribution in [0.4, 0.5) is 0 Å². The van der Waals surface area contributed by atoms with E-state index in [2.05, 4.69) is 11.1 Å². The van der Waals surface area contributed by atoms with Crippen LogP contribution in [0.1, 0.15) is 5.56 Å². The van der Waals surface area contributed by atoms with Crippen molar-refractivity contribution in [2.75, 3.05) is 0 Å². The first-order valence-corrected chi connectivity index (χ1v) is 4.63. The van der Waals surface area contributed by atoms with Crippen LogP contribution in [-0.2, 0) is 0 Å². The molecule has 2 rings (SSSR count). The van der Waals surface area contributed by atoms with Crippen LogP contribution < -0.4 is 0 Å². The summed E-state index contributed by atoms with van der Waals surface area (Å²) in [7, 11) is 0. The molecule has 0 amide bonds. The predicted molar refractivity (Wildman–Crippen MR) is 56.5 cm³/mol. The van der Waals surface area contributed by atoms with E-state index in [9.17, 15) is 0 Å². The van der Waals surface area contributed by atoms with E-state index in [4.69, 9.17) is 28.5 Å². The van der Waals surface area contributed by atoms with Crippen LogP contribution in [0.5, 0.6) is 0 Å². The maximum atomic E-state index is 8.87. The number of rotatable bonds is 0. The Bertz CT molecular complexity index is 544. The highest BCUT2D eigenvalue weighted by atomic mass is 35.5. The van der Waals surface area contributed by atoms with Gasteiger partial charge in [0.2, 0.25) is 0 Å². The molecule has 0 atom stereocenters. The Balaban J connectivity index is 2.96. The Labute approximate surface area is 90.7 Å². The molecule has 0 fully saturated rings. The highest BCUT2D eigenvalue weighted by Crippen LogP contribution is 2.25. The fourth-order valence-corrected chi connectivity index (χ4v) is 1.69. The van der Waals surface area contributed by atoms with Crippen LogP contribution >= 0.6 is 23.2 Å². The summed E-state index contributed by atoms with van der Waals surface area (Å²) < 4.78 is 0. The van der Waals surface area contributed by atoms with Gasteiger partial charge in [-0.05, 0) is 12.1 Å². The van der Waals surface area contributed by atoms with E-state index in [-0.39, 0.29) is 5.15 Å². The summed E-state index contributed by atoms with van der Waals surface area (Å²) in [5.74, 6) is 0. The van der Waals surface area contributed by atoms with Gasteiger partial charge in [0, 0.05) is 5.39 Å². The van der Waals surface area contributed by atoms with Crippen LogP contribution in [0.25, 0.3) is 10.9 Å². The van der Waals surface area contributed by atoms with Crippen molar-refractivity contribution in [2.24, 2.45) is 0 Å². The highest BCUT2D eigenvalue weighted by molar-refractivity contribution is 6.36. The van der Waals surface area contributed by atoms with Crippen molar-refractivity contribution in [1.82, 2.24) is 4.98 Å². The van der Waals surface area contributed by atoms with Gasteiger partial charge in [-0.1, -0.05) is 35.3 Å². The number of nitrogens with zero attached hydrogens (tertiary/aromatic N) is 2. The zero-order valence-electron chi connectivity index (χ0n) is 6.96. The van der Waals surface area contributed by atoms with E-state index >= 15 is 0 Å². The van der Waals surface area contributed by atoms with Gasteiger partial charge in [0.1, 0.15) is 5.15 Å². The molecule has 0 saturated heterocycles. The summed E-state index contributed by atoms with van der Waals surface area (Å²) in [6.07, 6.45) is 0. The van der Waals surface area contributed by atoms with Crippen LogP contribution in [0.2, 0.25) is 10.2 Å². The third kappa shape index (κ3) is 1.41. The Hall–Kier alpha value is -1.30. The minimum atomic E-state index is 0.280. The summed E-state index contributed by atoms with van der Waals surface area (Å²) >= 11 is 11.7. The van der Waals surface area contributed by atoms with E-state index in [1.54, 1.807) is 18.2 Å². The second kappa shape index (κ2) is 3.45. The summed E-state index contributed by atoms with van der Waals surface area (Å²) in [4.78, 5) is 4.07. The van der Waals surface area contributed by atoms with Crippen LogP contribution in [0.15, 0.2) is 24.3 Å². The van der Waals surface area contributed by atoms with E-state index in [1.807, 2.05) is 0 Å². The first-order chi connectivity index (χ1) is 6.72. The van der Waals surface area contributed by atoms with Gasteiger partial charge in [-0.3, -0.25) is 0 Å². The molecule has 0 N–H and O–H groups in total. The maximum Gasteiger partial charge on any atom is 0.131 e. The zero-order valence-corrected chi connectivity index (χ0v) is 8.47. The minimum Gasteiger partial charge on any atom is -0.234 e. The topological polar surface area (TPSA) is 36.7 Å². The average molecular weight is 223 g/mol. The fraction of sp³-hybridized carbons (Fsp3) is 0. The molecule has 14 heavy (non-hydrogen) atoms. The lowest BCUT2D eigenvalue weighted by Crippen LogP contribution is -1.85. The van der Waals surface area contributed by atoms with Gasteiger partial charge in [0.25, 0.3) is 0 Å². The molecule has 0 aliphatic rings. The molecule has 0 bridgehead atoms. The molecule has 4 heteroatoms. The quantitative estimate of drug-likeness (QED) is 0.641. The van der Waals surface area contributed by atoms with Gasteiger partial charge in [-0.15, -0.1) is 0 Å². The third-order valence-corrected chi connectivity index (χ3v) is 2.38. The summed E-state index contributed by atoms with van der Waals surface area (Å²) in [5.41, 5.74) is 1.06. The standard InChI is InChI=1S/C10H4Cl2N2/c11-8-3-1-2-7-6(5-13)4-9(12)14-10(7)8/h1-4H. The molecule has 1 heterocycles. The lowest BCUT2D eigenvalue weighted by atomic mass is 10.1. The minimum absolute atomic E-state index is 0.280. The van der Waals surface area contributed by atoms with Gasteiger partial charge in [0.05, 0.1) is 22.2 Å². The van der Waals surface area contributed by atoms with Gasteiger partial charge in [0.15, 0.2) is 0 Å². The Morgan fingerprint density at radius 1 is 1.29 bits per heavy atom. The van der Waals surface area contributed by atoms with Crippen molar-refractivity contribution in [2.45, 2.75) is 0 Å². The normalized spacial score (nSPS) is 10.1. The Morgan fingerprint density at radius 2 is 2.07 bits per heavy atom. The zero-order chi connectivity index (χ0) is 10.1. The molecule has 0 unspecified atom stereocenters. The van der Waals surface area contributed by atoms with Crippen LogP contribution in [-0.4, -0.2) is 4.98 Å². The molecule has 2 aromatic rings. The van der Waals surface area contributed by atoms with Crippen molar-refractivity contribution < 1.29 is 0 Å². The van der Waals surface area contributed by atoms with Crippen LogP contribution in [0.3, 0.4) is 0 Å². The molecule has 0 aliphatic heterocycles. The first-order valence-electron chi connectivity index (χ1n) is 3.87. The van der Waals surface area contributed by atoms with Crippen molar-refractivity contribution in [3.63, 3.8) is 0 Å². The van der Waals surface area contributed by atoms with Crippen molar-refractivity contribution >= 4 is 34.1 Å². The number of hydrogen-bond donors (Lipinski definition) is 0. The summed E-state index contributed by atoms with van der Waals surface area (Å²) in [5, 5.41) is 10.4. The molecule has 68 valence electrons. The molecular formula is C10H4Cl2N2.